The third kappa shape index (κ3) is 6.87. The Labute approximate surface area is 236 Å². The predicted octanol–water partition coefficient (Wildman–Crippen LogP) is 8.61. The van der Waals surface area contributed by atoms with Crippen LogP contribution in [0.1, 0.15) is 46.2 Å². The Morgan fingerprint density at radius 2 is 0.634 bits per heavy atom. The van der Waals surface area contributed by atoms with E-state index in [2.05, 4.69) is 0 Å². The largest absolute Gasteiger partial charge is 0.411 e. The second-order valence-corrected chi connectivity index (χ2v) is 10.3. The Balaban J connectivity index is 1.52. The first-order valence-electron chi connectivity index (χ1n) is 13.4. The summed E-state index contributed by atoms with van der Waals surface area (Å²) in [6.07, 6.45) is -7.40. The van der Waals surface area contributed by atoms with E-state index in [-0.39, 0.29) is 0 Å². The topological polar surface area (TPSA) is 52.0 Å². The Hall–Kier alpha value is -3.94. The second-order valence-electron chi connectivity index (χ2n) is 10.3. The maximum Gasteiger partial charge on any atom is 0.411 e. The van der Waals surface area contributed by atoms with Crippen molar-refractivity contribution in [2.45, 2.75) is 56.3 Å². The van der Waals surface area contributed by atoms with Gasteiger partial charge in [0.05, 0.1) is 0 Å². The summed E-state index contributed by atoms with van der Waals surface area (Å²) < 4.78 is 87.3. The van der Waals surface area contributed by atoms with Gasteiger partial charge in [-0.05, 0) is 96.2 Å². The van der Waals surface area contributed by atoms with Crippen LogP contribution < -0.4 is 11.5 Å². The van der Waals surface area contributed by atoms with Crippen LogP contribution in [0.2, 0.25) is 0 Å². The summed E-state index contributed by atoms with van der Waals surface area (Å²) in [6.45, 7) is 0. The number of rotatable bonds is 10. The van der Waals surface area contributed by atoms with Crippen LogP contribution in [0.15, 0.2) is 97.1 Å². The lowest BCUT2D eigenvalue weighted by molar-refractivity contribution is -0.288. The quantitative estimate of drug-likeness (QED) is 0.148. The van der Waals surface area contributed by atoms with Gasteiger partial charge in [-0.25, -0.2) is 0 Å². The number of anilines is 2. The summed E-state index contributed by atoms with van der Waals surface area (Å²) in [5.41, 5.74) is 10.2. The number of halogens is 6. The first-order chi connectivity index (χ1) is 19.4. The molecular weight excluding hydrogens is 538 g/mol. The maximum atomic E-state index is 14.5. The van der Waals surface area contributed by atoms with Crippen molar-refractivity contribution in [3.8, 4) is 0 Å². The first kappa shape index (κ1) is 30.0. The molecule has 4 N–H and O–H groups in total. The molecule has 0 unspecified atom stereocenters. The summed E-state index contributed by atoms with van der Waals surface area (Å²) in [5, 5.41) is 0. The molecule has 41 heavy (non-hydrogen) atoms. The number of hydrogen-bond acceptors (Lipinski definition) is 2. The molecule has 0 radical (unpaired) electrons. The molecule has 0 saturated heterocycles. The van der Waals surface area contributed by atoms with Crippen molar-refractivity contribution in [3.63, 3.8) is 0 Å². The molecule has 8 heteroatoms. The van der Waals surface area contributed by atoms with E-state index in [4.69, 9.17) is 11.5 Å². The fraction of sp³-hybridized carbons (Fsp3) is 0.273. The molecule has 0 bridgehead atoms. The zero-order valence-electron chi connectivity index (χ0n) is 22.4. The highest BCUT2D eigenvalue weighted by molar-refractivity contribution is 5.46. The lowest BCUT2D eigenvalue weighted by atomic mass is 9.72. The monoisotopic (exact) mass is 570 g/mol. The van der Waals surface area contributed by atoms with Crippen LogP contribution in [0, 0.1) is 0 Å². The normalized spacial score (nSPS) is 12.4. The smallest absolute Gasteiger partial charge is 0.399 e. The highest BCUT2D eigenvalue weighted by Crippen LogP contribution is 2.56. The number of benzene rings is 4. The fourth-order valence-electron chi connectivity index (χ4n) is 5.19. The molecule has 0 aliphatic heterocycles. The van der Waals surface area contributed by atoms with Crippen molar-refractivity contribution in [1.29, 1.82) is 0 Å². The van der Waals surface area contributed by atoms with E-state index < -0.39 is 28.9 Å². The molecule has 216 valence electrons. The van der Waals surface area contributed by atoms with E-state index in [1.165, 1.54) is 24.3 Å². The molecule has 0 aliphatic carbocycles. The third-order valence-electron chi connectivity index (χ3n) is 7.45. The molecule has 2 nitrogen and oxygen atoms in total. The van der Waals surface area contributed by atoms with Crippen LogP contribution in [0.25, 0.3) is 0 Å². The van der Waals surface area contributed by atoms with E-state index in [9.17, 15) is 26.3 Å². The highest BCUT2D eigenvalue weighted by Gasteiger charge is 2.72. The van der Waals surface area contributed by atoms with Crippen LogP contribution in [0.5, 0.6) is 0 Å². The standard InChI is InChI=1S/C33H32F6N2/c34-32(35,36)31(33(37,38)39,27-15-7-23(8-16-27)3-1-5-25-11-19-29(40)20-12-25)28-17-9-24(10-18-28)4-2-6-26-13-21-30(41)22-14-26/h7-22H,1-6,40-41H2. The van der Waals surface area contributed by atoms with Crippen molar-refractivity contribution in [2.75, 3.05) is 11.5 Å². The van der Waals surface area contributed by atoms with Crippen LogP contribution in [0.4, 0.5) is 37.7 Å². The van der Waals surface area contributed by atoms with Gasteiger partial charge < -0.3 is 11.5 Å². The first-order valence-corrected chi connectivity index (χ1v) is 13.4. The average molecular weight is 571 g/mol. The van der Waals surface area contributed by atoms with E-state index >= 15 is 0 Å². The highest BCUT2D eigenvalue weighted by atomic mass is 19.4. The molecule has 0 heterocycles. The number of nitrogens with two attached hydrogens (primary N) is 2. The van der Waals surface area contributed by atoms with Crippen LogP contribution in [-0.4, -0.2) is 12.4 Å². The van der Waals surface area contributed by atoms with Gasteiger partial charge in [0.2, 0.25) is 5.41 Å². The van der Waals surface area contributed by atoms with Gasteiger partial charge in [0.25, 0.3) is 0 Å². The summed E-state index contributed by atoms with van der Waals surface area (Å²) >= 11 is 0. The van der Waals surface area contributed by atoms with E-state index in [0.29, 0.717) is 61.0 Å². The molecule has 4 aromatic carbocycles. The number of alkyl halides is 6. The summed E-state index contributed by atoms with van der Waals surface area (Å²) in [4.78, 5) is 0. The number of aryl methyl sites for hydroxylation is 4. The van der Waals surface area contributed by atoms with Crippen molar-refractivity contribution >= 4 is 11.4 Å². The molecule has 0 atom stereocenters. The van der Waals surface area contributed by atoms with Gasteiger partial charge in [-0.3, -0.25) is 0 Å². The molecule has 0 spiro atoms. The molecular formula is C33H32F6N2. The zero-order valence-corrected chi connectivity index (χ0v) is 22.4. The third-order valence-corrected chi connectivity index (χ3v) is 7.45. The molecule has 4 rings (SSSR count). The minimum Gasteiger partial charge on any atom is -0.399 e. The van der Waals surface area contributed by atoms with Gasteiger partial charge in [-0.15, -0.1) is 0 Å². The molecule has 0 fully saturated rings. The Bertz CT molecular complexity index is 1280. The van der Waals surface area contributed by atoms with E-state index in [0.717, 1.165) is 35.4 Å². The van der Waals surface area contributed by atoms with Gasteiger partial charge in [-0.2, -0.15) is 26.3 Å². The van der Waals surface area contributed by atoms with Gasteiger partial charge in [0.15, 0.2) is 0 Å². The summed E-state index contributed by atoms with van der Waals surface area (Å²) in [5.74, 6) is 0. The minimum atomic E-state index is -5.61. The zero-order chi connectivity index (χ0) is 29.7. The van der Waals surface area contributed by atoms with Gasteiger partial charge in [0, 0.05) is 11.4 Å². The minimum absolute atomic E-state index is 0.515. The van der Waals surface area contributed by atoms with Gasteiger partial charge in [0.1, 0.15) is 0 Å². The molecule has 0 aromatic heterocycles. The van der Waals surface area contributed by atoms with E-state index in [1.54, 1.807) is 24.3 Å². The Morgan fingerprint density at radius 1 is 0.390 bits per heavy atom. The SMILES string of the molecule is Nc1ccc(CCCc2ccc(C(c3ccc(CCCc4ccc(N)cc4)cc3)(C(F)(F)F)C(F)(F)F)cc2)cc1. The lowest BCUT2D eigenvalue weighted by Crippen LogP contribution is -2.54. The average Bonchev–Trinajstić information content (AvgIpc) is 2.91. The van der Waals surface area contributed by atoms with Crippen molar-refractivity contribution in [3.05, 3.63) is 130 Å². The maximum absolute atomic E-state index is 14.5. The molecule has 0 amide bonds. The van der Waals surface area contributed by atoms with Gasteiger partial charge in [-0.1, -0.05) is 72.8 Å². The summed E-state index contributed by atoms with van der Waals surface area (Å²) in [7, 11) is 0. The second kappa shape index (κ2) is 12.3. The van der Waals surface area contributed by atoms with Crippen molar-refractivity contribution in [2.24, 2.45) is 0 Å². The summed E-state index contributed by atoms with van der Waals surface area (Å²) in [6, 6.07) is 24.0. The lowest BCUT2D eigenvalue weighted by Gasteiger charge is -2.38. The van der Waals surface area contributed by atoms with Crippen molar-refractivity contribution < 1.29 is 26.3 Å². The Morgan fingerprint density at radius 3 is 0.878 bits per heavy atom. The molecule has 0 saturated carbocycles. The van der Waals surface area contributed by atoms with Crippen LogP contribution in [0.3, 0.4) is 0 Å². The number of hydrogen-bond donors (Lipinski definition) is 2. The molecule has 4 aromatic rings. The Kier molecular flexibility index (Phi) is 9.00. The van der Waals surface area contributed by atoms with E-state index in [1.807, 2.05) is 24.3 Å². The molecule has 0 aliphatic rings. The number of nitrogen functional groups attached to an aromatic ring is 2. The predicted molar refractivity (Wildman–Crippen MR) is 152 cm³/mol. The van der Waals surface area contributed by atoms with Crippen molar-refractivity contribution in [1.82, 2.24) is 0 Å². The fourth-order valence-corrected chi connectivity index (χ4v) is 5.19. The van der Waals surface area contributed by atoms with Crippen LogP contribution >= 0.6 is 0 Å². The van der Waals surface area contributed by atoms with Gasteiger partial charge >= 0.3 is 12.4 Å². The van der Waals surface area contributed by atoms with Crippen LogP contribution in [-0.2, 0) is 31.1 Å².